The molecule has 0 aliphatic carbocycles. The molecule has 78 valence electrons. The third kappa shape index (κ3) is 2.41. The standard InChI is InChI=1S/C8H8F2O3S/c9-8(10)5-14(12,13)7-4-2-1-3-6(7)11/h1-4,8,11H,5H2. The predicted molar refractivity (Wildman–Crippen MR) is 46.2 cm³/mol. The first-order valence-electron chi connectivity index (χ1n) is 3.72. The van der Waals surface area contributed by atoms with Gasteiger partial charge in [-0.15, -0.1) is 0 Å². The lowest BCUT2D eigenvalue weighted by Gasteiger charge is -2.04. The fourth-order valence-corrected chi connectivity index (χ4v) is 2.16. The Bertz CT molecular complexity index is 414. The van der Waals surface area contributed by atoms with Crippen LogP contribution in [0.1, 0.15) is 0 Å². The van der Waals surface area contributed by atoms with Crippen molar-refractivity contribution in [1.82, 2.24) is 0 Å². The van der Waals surface area contributed by atoms with Gasteiger partial charge in [0.05, 0.1) is 0 Å². The molecule has 0 heterocycles. The fourth-order valence-electron chi connectivity index (χ4n) is 0.976. The molecule has 0 spiro atoms. The molecule has 0 bridgehead atoms. The minimum Gasteiger partial charge on any atom is -0.507 e. The molecule has 1 aromatic carbocycles. The van der Waals surface area contributed by atoms with E-state index in [4.69, 9.17) is 5.11 Å². The lowest BCUT2D eigenvalue weighted by atomic mass is 10.3. The number of hydrogen-bond donors (Lipinski definition) is 1. The molecule has 1 rings (SSSR count). The summed E-state index contributed by atoms with van der Waals surface area (Å²) < 4.78 is 46.2. The summed E-state index contributed by atoms with van der Waals surface area (Å²) in [6.45, 7) is 0. The van der Waals surface area contributed by atoms with E-state index in [1.54, 1.807) is 0 Å². The Morgan fingerprint density at radius 1 is 1.29 bits per heavy atom. The Morgan fingerprint density at radius 2 is 1.86 bits per heavy atom. The lowest BCUT2D eigenvalue weighted by molar-refractivity contribution is 0.174. The van der Waals surface area contributed by atoms with Crippen molar-refractivity contribution in [2.24, 2.45) is 0 Å². The molecule has 0 saturated heterocycles. The molecular formula is C8H8F2O3S. The van der Waals surface area contributed by atoms with Crippen LogP contribution in [0.25, 0.3) is 0 Å². The van der Waals surface area contributed by atoms with E-state index in [2.05, 4.69) is 0 Å². The molecule has 0 aliphatic heterocycles. The highest BCUT2D eigenvalue weighted by atomic mass is 32.2. The van der Waals surface area contributed by atoms with Crippen molar-refractivity contribution in [3.63, 3.8) is 0 Å². The quantitative estimate of drug-likeness (QED) is 0.841. The van der Waals surface area contributed by atoms with Crippen LogP contribution in [0.2, 0.25) is 0 Å². The first-order valence-corrected chi connectivity index (χ1v) is 5.37. The lowest BCUT2D eigenvalue weighted by Crippen LogP contribution is -2.13. The van der Waals surface area contributed by atoms with Gasteiger partial charge in [0, 0.05) is 0 Å². The van der Waals surface area contributed by atoms with Gasteiger partial charge in [0.15, 0.2) is 9.84 Å². The van der Waals surface area contributed by atoms with E-state index in [0.717, 1.165) is 12.1 Å². The zero-order chi connectivity index (χ0) is 10.8. The smallest absolute Gasteiger partial charge is 0.252 e. The van der Waals surface area contributed by atoms with Gasteiger partial charge < -0.3 is 5.11 Å². The first kappa shape index (κ1) is 10.9. The Hall–Kier alpha value is -1.17. The Kier molecular flexibility index (Phi) is 3.05. The second-order valence-electron chi connectivity index (χ2n) is 2.64. The number of benzene rings is 1. The van der Waals surface area contributed by atoms with Crippen molar-refractivity contribution >= 4 is 9.84 Å². The van der Waals surface area contributed by atoms with Crippen LogP contribution >= 0.6 is 0 Å². The summed E-state index contributed by atoms with van der Waals surface area (Å²) in [7, 11) is -4.09. The summed E-state index contributed by atoms with van der Waals surface area (Å²) in [5.74, 6) is -1.78. The summed E-state index contributed by atoms with van der Waals surface area (Å²) in [6.07, 6.45) is -2.94. The summed E-state index contributed by atoms with van der Waals surface area (Å²) in [5.41, 5.74) is 0. The van der Waals surface area contributed by atoms with Gasteiger partial charge in [-0.1, -0.05) is 12.1 Å². The van der Waals surface area contributed by atoms with Crippen LogP contribution in [0.4, 0.5) is 8.78 Å². The molecule has 0 unspecified atom stereocenters. The molecule has 0 radical (unpaired) electrons. The topological polar surface area (TPSA) is 54.4 Å². The van der Waals surface area contributed by atoms with Crippen LogP contribution in [0, 0.1) is 0 Å². The van der Waals surface area contributed by atoms with Crippen molar-refractivity contribution < 1.29 is 22.3 Å². The zero-order valence-corrected chi connectivity index (χ0v) is 7.84. The van der Waals surface area contributed by atoms with Crippen molar-refractivity contribution in [2.45, 2.75) is 11.3 Å². The number of rotatable bonds is 3. The maximum absolute atomic E-state index is 11.9. The minimum atomic E-state index is -4.09. The predicted octanol–water partition coefficient (Wildman–Crippen LogP) is 1.43. The number of sulfone groups is 1. The van der Waals surface area contributed by atoms with Gasteiger partial charge in [-0.05, 0) is 12.1 Å². The molecule has 0 amide bonds. The van der Waals surface area contributed by atoms with Gasteiger partial charge in [-0.25, -0.2) is 17.2 Å². The highest BCUT2D eigenvalue weighted by Crippen LogP contribution is 2.23. The fraction of sp³-hybridized carbons (Fsp3) is 0.250. The van der Waals surface area contributed by atoms with Gasteiger partial charge in [0.1, 0.15) is 16.4 Å². The number of alkyl halides is 2. The molecule has 0 fully saturated rings. The van der Waals surface area contributed by atoms with Crippen LogP contribution in [0.15, 0.2) is 29.2 Å². The minimum absolute atomic E-state index is 0.458. The normalized spacial score (nSPS) is 11.9. The number of halogens is 2. The number of hydrogen-bond acceptors (Lipinski definition) is 3. The molecule has 6 heteroatoms. The third-order valence-corrected chi connectivity index (χ3v) is 3.25. The maximum Gasteiger partial charge on any atom is 0.252 e. The van der Waals surface area contributed by atoms with E-state index in [0.29, 0.717) is 0 Å². The number of aromatic hydroxyl groups is 1. The van der Waals surface area contributed by atoms with E-state index < -0.39 is 32.7 Å². The van der Waals surface area contributed by atoms with Crippen molar-refractivity contribution in [2.75, 3.05) is 5.75 Å². The van der Waals surface area contributed by atoms with Crippen LogP contribution in [0.5, 0.6) is 5.75 Å². The monoisotopic (exact) mass is 222 g/mol. The Balaban J connectivity index is 3.11. The second kappa shape index (κ2) is 3.91. The van der Waals surface area contributed by atoms with Crippen molar-refractivity contribution in [1.29, 1.82) is 0 Å². The molecule has 0 aliphatic rings. The molecule has 14 heavy (non-hydrogen) atoms. The highest BCUT2D eigenvalue weighted by Gasteiger charge is 2.22. The summed E-state index contributed by atoms with van der Waals surface area (Å²) in [5, 5.41) is 9.13. The van der Waals surface area contributed by atoms with E-state index in [1.807, 2.05) is 0 Å². The van der Waals surface area contributed by atoms with Crippen LogP contribution < -0.4 is 0 Å². The highest BCUT2D eigenvalue weighted by molar-refractivity contribution is 7.91. The summed E-state index contributed by atoms with van der Waals surface area (Å²) in [6, 6.07) is 5.00. The Labute approximate surface area is 79.9 Å². The average Bonchev–Trinajstić information content (AvgIpc) is 2.02. The van der Waals surface area contributed by atoms with Crippen LogP contribution in [-0.2, 0) is 9.84 Å². The molecule has 0 atom stereocenters. The largest absolute Gasteiger partial charge is 0.507 e. The summed E-state index contributed by atoms with van der Waals surface area (Å²) >= 11 is 0. The van der Waals surface area contributed by atoms with Gasteiger partial charge >= 0.3 is 0 Å². The first-order chi connectivity index (χ1) is 6.43. The third-order valence-electron chi connectivity index (χ3n) is 1.55. The van der Waals surface area contributed by atoms with E-state index >= 15 is 0 Å². The van der Waals surface area contributed by atoms with Crippen LogP contribution in [0.3, 0.4) is 0 Å². The number of phenols is 1. The summed E-state index contributed by atoms with van der Waals surface area (Å²) in [4.78, 5) is -0.458. The SMILES string of the molecule is O=S(=O)(CC(F)F)c1ccccc1O. The Morgan fingerprint density at radius 3 is 2.36 bits per heavy atom. The second-order valence-corrected chi connectivity index (χ2v) is 4.64. The molecule has 1 N–H and O–H groups in total. The van der Waals surface area contributed by atoms with E-state index in [9.17, 15) is 17.2 Å². The van der Waals surface area contributed by atoms with Crippen LogP contribution in [-0.4, -0.2) is 25.7 Å². The van der Waals surface area contributed by atoms with Crippen molar-refractivity contribution in [3.05, 3.63) is 24.3 Å². The van der Waals surface area contributed by atoms with Gasteiger partial charge in [0.25, 0.3) is 6.43 Å². The van der Waals surface area contributed by atoms with E-state index in [-0.39, 0.29) is 0 Å². The van der Waals surface area contributed by atoms with Gasteiger partial charge in [0.2, 0.25) is 0 Å². The van der Waals surface area contributed by atoms with E-state index in [1.165, 1.54) is 12.1 Å². The average molecular weight is 222 g/mol. The maximum atomic E-state index is 11.9. The zero-order valence-electron chi connectivity index (χ0n) is 7.02. The van der Waals surface area contributed by atoms with Gasteiger partial charge in [-0.2, -0.15) is 0 Å². The molecule has 0 aromatic heterocycles. The molecule has 0 saturated carbocycles. The molecular weight excluding hydrogens is 214 g/mol. The van der Waals surface area contributed by atoms with Gasteiger partial charge in [-0.3, -0.25) is 0 Å². The number of phenolic OH excluding ortho intramolecular Hbond substituents is 1. The number of para-hydroxylation sites is 1. The molecule has 1 aromatic rings. The van der Waals surface area contributed by atoms with Crippen molar-refractivity contribution in [3.8, 4) is 5.75 Å². The molecule has 3 nitrogen and oxygen atoms in total.